The van der Waals surface area contributed by atoms with Gasteiger partial charge in [0.2, 0.25) is 20.0 Å². The van der Waals surface area contributed by atoms with Crippen molar-refractivity contribution < 1.29 is 31.2 Å². The van der Waals surface area contributed by atoms with Crippen LogP contribution in [0.4, 0.5) is 0 Å². The van der Waals surface area contributed by atoms with Gasteiger partial charge >= 0.3 is 5.97 Å². The number of amides is 1. The van der Waals surface area contributed by atoms with Gasteiger partial charge in [0.25, 0.3) is 5.91 Å². The number of methoxy groups -OCH3 is 1. The number of esters is 1. The normalized spacial score (nSPS) is 18.8. The Labute approximate surface area is 334 Å². The number of carbonyl (C=O) groups is 2. The minimum atomic E-state index is -3.52. The van der Waals surface area contributed by atoms with Crippen LogP contribution in [-0.4, -0.2) is 94.6 Å². The van der Waals surface area contributed by atoms with Crippen LogP contribution >= 0.6 is 0 Å². The number of carbonyl (C=O) groups excluding carboxylic acids is 2. The van der Waals surface area contributed by atoms with Crippen molar-refractivity contribution in [2.45, 2.75) is 60.8 Å². The fraction of sp³-hybridized carbons (Fsp3) is 0.302. The lowest BCUT2D eigenvalue weighted by molar-refractivity contribution is -0.153. The van der Waals surface area contributed by atoms with Gasteiger partial charge in [-0.1, -0.05) is 74.2 Å². The third-order valence-corrected chi connectivity index (χ3v) is 15.7. The van der Waals surface area contributed by atoms with Crippen molar-refractivity contribution >= 4 is 50.9 Å². The quantitative estimate of drug-likeness (QED) is 0.112. The van der Waals surface area contributed by atoms with Gasteiger partial charge in [0.05, 0.1) is 22.9 Å². The van der Waals surface area contributed by atoms with Crippen LogP contribution in [0.15, 0.2) is 101 Å². The molecule has 11 nitrogen and oxygen atoms in total. The van der Waals surface area contributed by atoms with E-state index in [1.807, 2.05) is 54.6 Å². The molecule has 4 aromatic carbocycles. The van der Waals surface area contributed by atoms with Crippen LogP contribution in [0.5, 0.6) is 0 Å². The predicted molar refractivity (Wildman–Crippen MR) is 222 cm³/mol. The molecule has 0 saturated carbocycles. The van der Waals surface area contributed by atoms with Crippen molar-refractivity contribution in [3.63, 3.8) is 0 Å². The van der Waals surface area contributed by atoms with Gasteiger partial charge in [0.15, 0.2) is 0 Å². The highest BCUT2D eigenvalue weighted by molar-refractivity contribution is 7.89. The number of rotatable bonds is 8. The van der Waals surface area contributed by atoms with E-state index in [1.165, 1.54) is 15.7 Å². The zero-order chi connectivity index (χ0) is 40.3. The molecule has 1 N–H and O–H groups in total. The minimum Gasteiger partial charge on any atom is -0.467 e. The van der Waals surface area contributed by atoms with Crippen LogP contribution in [0.25, 0.3) is 33.2 Å². The van der Waals surface area contributed by atoms with E-state index in [4.69, 9.17) is 4.74 Å². The average molecular weight is 821 g/mol. The number of ether oxygens (including phenoxy) is 1. The number of nitrogens with zero attached hydrogens (tertiary/aromatic N) is 3. The Morgan fingerprint density at radius 3 is 1.68 bits per heavy atom. The molecular weight excluding hydrogens is 777 g/mol. The molecule has 14 heteroatoms. The summed E-state index contributed by atoms with van der Waals surface area (Å²) < 4.78 is 60.1. The Kier molecular flexibility index (Phi) is 10.0. The fourth-order valence-corrected chi connectivity index (χ4v) is 11.1. The molecule has 0 bridgehead atoms. The van der Waals surface area contributed by atoms with Gasteiger partial charge in [0, 0.05) is 49.2 Å². The van der Waals surface area contributed by atoms with Crippen molar-refractivity contribution in [1.29, 1.82) is 0 Å². The topological polar surface area (TPSA) is 137 Å². The number of H-pyrrole nitrogens is 1. The first-order valence-electron chi connectivity index (χ1n) is 19.0. The molecule has 2 fully saturated rings. The van der Waals surface area contributed by atoms with Crippen molar-refractivity contribution in [3.8, 4) is 33.7 Å². The Balaban J connectivity index is 1.19. The van der Waals surface area contributed by atoms with E-state index in [9.17, 15) is 26.4 Å². The summed E-state index contributed by atoms with van der Waals surface area (Å²) in [5, 5.41) is 0.879. The third kappa shape index (κ3) is 7.23. The molecule has 2 unspecified atom stereocenters. The number of aromatic amines is 1. The number of hydrogen-bond acceptors (Lipinski definition) is 7. The summed E-state index contributed by atoms with van der Waals surface area (Å²) in [6, 6.07) is 25.7. The largest absolute Gasteiger partial charge is 0.467 e. The molecule has 2 atom stereocenters. The van der Waals surface area contributed by atoms with Gasteiger partial charge in [-0.15, -0.1) is 5.54 Å². The smallest absolute Gasteiger partial charge is 0.328 e. The molecule has 1 aromatic heterocycles. The summed E-state index contributed by atoms with van der Waals surface area (Å²) in [7, 11) is -7.69. The Morgan fingerprint density at radius 1 is 0.719 bits per heavy atom. The number of hydrogen-bond donors (Lipinski definition) is 1. The van der Waals surface area contributed by atoms with Gasteiger partial charge in [0.1, 0.15) is 14.1 Å². The SMILES string of the molecule is COC(=O)C1Cc2c([nH]c3ccc(-c4ccc(S(=O)(=O)N5CCC5)cc4)cc23)C(c2ccc(-c3ccc(S(=O)(=O)N4CCC4)cc3)cc2)N1C(=O)C#C[Si](C)(C)C. The molecule has 0 spiro atoms. The summed E-state index contributed by atoms with van der Waals surface area (Å²) in [5.41, 5.74) is 9.78. The van der Waals surface area contributed by atoms with Crippen LogP contribution in [-0.2, 0) is 40.8 Å². The molecule has 0 aliphatic carbocycles. The Bertz CT molecular complexity index is 2670. The van der Waals surface area contributed by atoms with E-state index in [2.05, 4.69) is 36.1 Å². The minimum absolute atomic E-state index is 0.195. The first-order chi connectivity index (χ1) is 27.2. The molecule has 294 valence electrons. The molecule has 5 aromatic rings. The molecule has 3 aliphatic heterocycles. The number of sulfonamides is 2. The van der Waals surface area contributed by atoms with E-state index < -0.39 is 52.1 Å². The van der Waals surface area contributed by atoms with Crippen LogP contribution in [0.2, 0.25) is 19.6 Å². The summed E-state index contributed by atoms with van der Waals surface area (Å²) in [6.45, 7) is 8.29. The summed E-state index contributed by atoms with van der Waals surface area (Å²) in [5.74, 6) is 1.85. The van der Waals surface area contributed by atoms with Gasteiger partial charge in [-0.25, -0.2) is 21.6 Å². The fourth-order valence-electron chi connectivity index (χ4n) is 7.59. The average Bonchev–Trinajstić information content (AvgIpc) is 3.51. The summed E-state index contributed by atoms with van der Waals surface area (Å²) in [4.78, 5) is 33.5. The zero-order valence-electron chi connectivity index (χ0n) is 32.3. The Hall–Kier alpha value is -5.04. The first kappa shape index (κ1) is 38.8. The van der Waals surface area contributed by atoms with Gasteiger partial charge < -0.3 is 14.6 Å². The zero-order valence-corrected chi connectivity index (χ0v) is 34.9. The molecule has 1 amide bonds. The van der Waals surface area contributed by atoms with Gasteiger partial charge in [-0.05, 0) is 88.5 Å². The van der Waals surface area contributed by atoms with E-state index >= 15 is 0 Å². The monoisotopic (exact) mass is 820 g/mol. The number of benzene rings is 4. The second-order valence-corrected chi connectivity index (χ2v) is 24.4. The van der Waals surface area contributed by atoms with Crippen LogP contribution < -0.4 is 0 Å². The van der Waals surface area contributed by atoms with Gasteiger partial charge in [-0.3, -0.25) is 4.79 Å². The molecule has 0 radical (unpaired) electrons. The number of aromatic nitrogens is 1. The lowest BCUT2D eigenvalue weighted by Gasteiger charge is -2.40. The highest BCUT2D eigenvalue weighted by atomic mass is 32.2. The Morgan fingerprint density at radius 2 is 1.21 bits per heavy atom. The van der Waals surface area contributed by atoms with Crippen LogP contribution in [0.1, 0.15) is 35.7 Å². The highest BCUT2D eigenvalue weighted by Crippen LogP contribution is 2.43. The molecule has 8 rings (SSSR count). The van der Waals surface area contributed by atoms with Crippen molar-refractivity contribution in [1.82, 2.24) is 18.5 Å². The van der Waals surface area contributed by atoms with E-state index in [0.29, 0.717) is 26.2 Å². The summed E-state index contributed by atoms with van der Waals surface area (Å²) >= 11 is 0. The van der Waals surface area contributed by atoms with Crippen molar-refractivity contribution in [2.75, 3.05) is 33.3 Å². The molecule has 2 saturated heterocycles. The standard InChI is InChI=1S/C43H44N4O7S2Si/c1-54-43(49)39-28-37-36-27-33(31-13-18-35(19-14-31)56(52,53)46-24-6-25-46)15-20-38(36)44-41(37)42(47(39)40(48)21-26-57(2,3)4)32-9-7-29(8-10-32)30-11-16-34(17-12-30)55(50,51)45-22-5-23-45/h7-20,27,39,42,44H,5-6,22-25,28H2,1-4H3. The van der Waals surface area contributed by atoms with Crippen LogP contribution in [0.3, 0.4) is 0 Å². The maximum atomic E-state index is 14.2. The predicted octanol–water partition coefficient (Wildman–Crippen LogP) is 6.19. The lowest BCUT2D eigenvalue weighted by Crippen LogP contribution is -2.51. The van der Waals surface area contributed by atoms with E-state index in [-0.39, 0.29) is 16.2 Å². The number of fused-ring (bicyclic) bond motifs is 3. The second kappa shape index (κ2) is 14.7. The van der Waals surface area contributed by atoms with Crippen molar-refractivity contribution in [2.24, 2.45) is 0 Å². The summed E-state index contributed by atoms with van der Waals surface area (Å²) in [6.07, 6.45) is 1.92. The number of nitrogens with one attached hydrogen (secondary N) is 1. The molecule has 4 heterocycles. The molecule has 57 heavy (non-hydrogen) atoms. The van der Waals surface area contributed by atoms with Gasteiger partial charge in [-0.2, -0.15) is 8.61 Å². The van der Waals surface area contributed by atoms with E-state index in [1.54, 1.807) is 41.3 Å². The molecular formula is C43H44N4O7S2Si. The molecule has 3 aliphatic rings. The lowest BCUT2D eigenvalue weighted by atomic mass is 9.87. The van der Waals surface area contributed by atoms with Crippen LogP contribution in [0, 0.1) is 11.5 Å². The maximum Gasteiger partial charge on any atom is 0.328 e. The third-order valence-electron chi connectivity index (χ3n) is 11.0. The highest BCUT2D eigenvalue weighted by Gasteiger charge is 2.44. The maximum absolute atomic E-state index is 14.2. The first-order valence-corrected chi connectivity index (χ1v) is 25.4. The van der Waals surface area contributed by atoms with E-state index in [0.717, 1.165) is 62.8 Å². The second-order valence-electron chi connectivity index (χ2n) is 15.8. The van der Waals surface area contributed by atoms with Crippen molar-refractivity contribution in [3.05, 3.63) is 108 Å².